The molecule has 0 aliphatic heterocycles. The molecule has 0 fully saturated rings. The maximum absolute atomic E-state index is 13.4. The molecule has 4 aromatic rings. The summed E-state index contributed by atoms with van der Waals surface area (Å²) in [5.41, 5.74) is 2.86. The lowest BCUT2D eigenvalue weighted by molar-refractivity contribution is 0.168. The van der Waals surface area contributed by atoms with Gasteiger partial charge in [-0.3, -0.25) is 14.7 Å². The van der Waals surface area contributed by atoms with Gasteiger partial charge in [0.15, 0.2) is 11.0 Å². The predicted molar refractivity (Wildman–Crippen MR) is 119 cm³/mol. The number of amides is 1. The van der Waals surface area contributed by atoms with E-state index in [9.17, 15) is 9.59 Å². The first kappa shape index (κ1) is 19.8. The van der Waals surface area contributed by atoms with Gasteiger partial charge >= 0.3 is 6.09 Å². The second-order valence-electron chi connectivity index (χ2n) is 6.71. The standard InChI is InChI=1S/C22H20N4O3S/c1-4-29-22(28)25-21-23-14(3)18(30-21)19-24-17-11-6-5-10-16(17)20(27)26(19)15-9-7-8-13(2)12-15/h5-12H,4H2,1-3H3,(H,23,25,28). The van der Waals surface area contributed by atoms with Crippen molar-refractivity contribution >= 4 is 33.5 Å². The molecule has 0 saturated heterocycles. The van der Waals surface area contributed by atoms with Gasteiger partial charge in [0.05, 0.1) is 33.8 Å². The Morgan fingerprint density at radius 1 is 1.13 bits per heavy atom. The molecule has 4 rings (SSSR count). The van der Waals surface area contributed by atoms with E-state index >= 15 is 0 Å². The van der Waals surface area contributed by atoms with Crippen LogP contribution in [0.25, 0.3) is 27.3 Å². The van der Waals surface area contributed by atoms with E-state index in [-0.39, 0.29) is 12.2 Å². The number of fused-ring (bicyclic) bond motifs is 1. The lowest BCUT2D eigenvalue weighted by atomic mass is 10.2. The average Bonchev–Trinajstić information content (AvgIpc) is 3.07. The Hall–Kier alpha value is -3.52. The number of hydrogen-bond acceptors (Lipinski definition) is 6. The van der Waals surface area contributed by atoms with E-state index in [4.69, 9.17) is 9.72 Å². The number of carbonyl (C=O) groups is 1. The largest absolute Gasteiger partial charge is 0.450 e. The van der Waals surface area contributed by atoms with E-state index in [1.807, 2.05) is 56.3 Å². The van der Waals surface area contributed by atoms with Gasteiger partial charge in [0, 0.05) is 0 Å². The third-order valence-corrected chi connectivity index (χ3v) is 5.59. The van der Waals surface area contributed by atoms with E-state index in [1.165, 1.54) is 11.3 Å². The first-order valence-corrected chi connectivity index (χ1v) is 10.3. The summed E-state index contributed by atoms with van der Waals surface area (Å²) in [6.45, 7) is 5.80. The number of aryl methyl sites for hydroxylation is 2. The molecular weight excluding hydrogens is 400 g/mol. The number of aromatic nitrogens is 3. The number of nitrogens with zero attached hydrogens (tertiary/aromatic N) is 3. The van der Waals surface area contributed by atoms with Crippen LogP contribution in [-0.2, 0) is 4.74 Å². The minimum atomic E-state index is -0.569. The Morgan fingerprint density at radius 3 is 2.70 bits per heavy atom. The van der Waals surface area contributed by atoms with Crippen LogP contribution in [0.15, 0.2) is 53.3 Å². The van der Waals surface area contributed by atoms with Crippen LogP contribution < -0.4 is 10.9 Å². The third-order valence-electron chi connectivity index (χ3n) is 4.52. The van der Waals surface area contributed by atoms with Gasteiger partial charge in [-0.25, -0.2) is 14.8 Å². The van der Waals surface area contributed by atoms with Gasteiger partial charge in [-0.1, -0.05) is 35.6 Å². The highest BCUT2D eigenvalue weighted by Crippen LogP contribution is 2.33. The van der Waals surface area contributed by atoms with E-state index < -0.39 is 6.09 Å². The lowest BCUT2D eigenvalue weighted by Gasteiger charge is -2.13. The Labute approximate surface area is 177 Å². The van der Waals surface area contributed by atoms with Crippen molar-refractivity contribution < 1.29 is 9.53 Å². The minimum Gasteiger partial charge on any atom is -0.450 e. The number of para-hydroxylation sites is 1. The zero-order chi connectivity index (χ0) is 21.3. The molecule has 8 heteroatoms. The van der Waals surface area contributed by atoms with Gasteiger partial charge in [0.25, 0.3) is 5.56 Å². The predicted octanol–water partition coefficient (Wildman–Crippen LogP) is 4.69. The summed E-state index contributed by atoms with van der Waals surface area (Å²) in [6.07, 6.45) is -0.569. The number of hydrogen-bond donors (Lipinski definition) is 1. The number of rotatable bonds is 4. The summed E-state index contributed by atoms with van der Waals surface area (Å²) in [4.78, 5) is 35.1. The van der Waals surface area contributed by atoms with Crippen molar-refractivity contribution in [1.82, 2.24) is 14.5 Å². The molecule has 30 heavy (non-hydrogen) atoms. The van der Waals surface area contributed by atoms with Crippen LogP contribution >= 0.6 is 11.3 Å². The van der Waals surface area contributed by atoms with Gasteiger partial charge in [0.1, 0.15) is 0 Å². The fourth-order valence-corrected chi connectivity index (χ4v) is 4.14. The van der Waals surface area contributed by atoms with E-state index in [0.717, 1.165) is 11.3 Å². The smallest absolute Gasteiger partial charge is 0.413 e. The first-order valence-electron chi connectivity index (χ1n) is 9.48. The Kier molecular flexibility index (Phi) is 5.33. The fraction of sp³-hybridized carbons (Fsp3) is 0.182. The van der Waals surface area contributed by atoms with Crippen molar-refractivity contribution in [3.05, 3.63) is 70.1 Å². The van der Waals surface area contributed by atoms with Gasteiger partial charge in [0.2, 0.25) is 0 Å². The molecule has 1 N–H and O–H groups in total. The monoisotopic (exact) mass is 420 g/mol. The van der Waals surface area contributed by atoms with Crippen LogP contribution in [0.4, 0.5) is 9.93 Å². The minimum absolute atomic E-state index is 0.158. The second-order valence-corrected chi connectivity index (χ2v) is 7.71. The molecule has 7 nitrogen and oxygen atoms in total. The Bertz CT molecular complexity index is 1310. The molecule has 0 aliphatic rings. The molecule has 0 aliphatic carbocycles. The van der Waals surface area contributed by atoms with Gasteiger partial charge < -0.3 is 4.74 Å². The highest BCUT2D eigenvalue weighted by atomic mass is 32.1. The molecule has 0 unspecified atom stereocenters. The van der Waals surface area contributed by atoms with Gasteiger partial charge in [-0.05, 0) is 50.6 Å². The van der Waals surface area contributed by atoms with Crippen molar-refractivity contribution in [3.63, 3.8) is 0 Å². The number of anilines is 1. The molecule has 0 bridgehead atoms. The molecule has 2 heterocycles. The topological polar surface area (TPSA) is 86.1 Å². The van der Waals surface area contributed by atoms with Crippen molar-refractivity contribution in [1.29, 1.82) is 0 Å². The van der Waals surface area contributed by atoms with E-state index in [0.29, 0.717) is 32.4 Å². The van der Waals surface area contributed by atoms with Crippen LogP contribution in [0.5, 0.6) is 0 Å². The Balaban J connectivity index is 1.95. The normalized spacial score (nSPS) is 10.9. The SMILES string of the molecule is CCOC(=O)Nc1nc(C)c(-c2nc3ccccc3c(=O)n2-c2cccc(C)c2)s1. The van der Waals surface area contributed by atoms with Crippen LogP contribution in [0.3, 0.4) is 0 Å². The van der Waals surface area contributed by atoms with Crippen LogP contribution in [0.1, 0.15) is 18.2 Å². The van der Waals surface area contributed by atoms with Crippen molar-refractivity contribution in [2.75, 3.05) is 11.9 Å². The van der Waals surface area contributed by atoms with Crippen molar-refractivity contribution in [3.8, 4) is 16.4 Å². The molecule has 1 amide bonds. The molecule has 2 aromatic heterocycles. The molecule has 0 atom stereocenters. The summed E-state index contributed by atoms with van der Waals surface area (Å²) in [5, 5.41) is 3.55. The average molecular weight is 420 g/mol. The molecular formula is C22H20N4O3S. The third kappa shape index (κ3) is 3.69. The van der Waals surface area contributed by atoms with E-state index in [2.05, 4.69) is 10.3 Å². The molecule has 0 radical (unpaired) electrons. The zero-order valence-electron chi connectivity index (χ0n) is 16.8. The fourth-order valence-electron chi connectivity index (χ4n) is 3.20. The maximum atomic E-state index is 13.4. The number of benzene rings is 2. The van der Waals surface area contributed by atoms with Crippen LogP contribution in [-0.4, -0.2) is 27.2 Å². The summed E-state index contributed by atoms with van der Waals surface area (Å²) in [5.74, 6) is 0.483. The lowest BCUT2D eigenvalue weighted by Crippen LogP contribution is -2.22. The highest BCUT2D eigenvalue weighted by molar-refractivity contribution is 7.19. The number of carbonyl (C=O) groups excluding carboxylic acids is 1. The Morgan fingerprint density at radius 2 is 1.93 bits per heavy atom. The molecule has 152 valence electrons. The summed E-state index contributed by atoms with van der Waals surface area (Å²) in [7, 11) is 0. The van der Waals surface area contributed by atoms with Gasteiger partial charge in [-0.2, -0.15) is 0 Å². The summed E-state index contributed by atoms with van der Waals surface area (Å²) < 4.78 is 6.53. The molecule has 2 aromatic carbocycles. The highest BCUT2D eigenvalue weighted by Gasteiger charge is 2.20. The quantitative estimate of drug-likeness (QED) is 0.517. The number of nitrogens with one attached hydrogen (secondary N) is 1. The number of thiazole rings is 1. The number of ether oxygens (including phenoxy) is 1. The van der Waals surface area contributed by atoms with Gasteiger partial charge in [-0.15, -0.1) is 0 Å². The maximum Gasteiger partial charge on any atom is 0.413 e. The second kappa shape index (κ2) is 8.08. The zero-order valence-corrected chi connectivity index (χ0v) is 17.6. The molecule has 0 spiro atoms. The summed E-state index contributed by atoms with van der Waals surface area (Å²) >= 11 is 1.25. The summed E-state index contributed by atoms with van der Waals surface area (Å²) in [6, 6.07) is 15.0. The van der Waals surface area contributed by atoms with Crippen molar-refractivity contribution in [2.24, 2.45) is 0 Å². The van der Waals surface area contributed by atoms with Crippen LogP contribution in [0, 0.1) is 13.8 Å². The van der Waals surface area contributed by atoms with Crippen molar-refractivity contribution in [2.45, 2.75) is 20.8 Å². The first-order chi connectivity index (χ1) is 14.5. The van der Waals surface area contributed by atoms with E-state index in [1.54, 1.807) is 17.6 Å². The molecule has 0 saturated carbocycles. The van der Waals surface area contributed by atoms with Crippen LogP contribution in [0.2, 0.25) is 0 Å².